The van der Waals surface area contributed by atoms with Crippen LogP contribution >= 0.6 is 0 Å². The quantitative estimate of drug-likeness (QED) is 0.644. The minimum absolute atomic E-state index is 0.0179. The molecule has 0 bridgehead atoms. The van der Waals surface area contributed by atoms with Crippen molar-refractivity contribution < 1.29 is 9.72 Å². The Labute approximate surface area is 127 Å². The van der Waals surface area contributed by atoms with Gasteiger partial charge in [-0.25, -0.2) is 4.79 Å². The Balaban J connectivity index is 1.94. The summed E-state index contributed by atoms with van der Waals surface area (Å²) < 4.78 is 0. The number of nitro groups is 1. The van der Waals surface area contributed by atoms with E-state index in [1.165, 1.54) is 12.1 Å². The highest BCUT2D eigenvalue weighted by Crippen LogP contribution is 2.30. The van der Waals surface area contributed by atoms with E-state index in [4.69, 9.17) is 0 Å². The van der Waals surface area contributed by atoms with Gasteiger partial charge in [-0.1, -0.05) is 24.3 Å². The largest absolute Gasteiger partial charge is 0.329 e. The number of anilines is 2. The second-order valence-corrected chi connectivity index (χ2v) is 5.22. The SMILES string of the molecule is C[C@H]1CN(c2ccccc2)C(=O)N1c1cccc([N+](=O)[O-])c1. The van der Waals surface area contributed by atoms with Gasteiger partial charge in [-0.05, 0) is 25.1 Å². The van der Waals surface area contributed by atoms with Gasteiger partial charge in [0, 0.05) is 24.4 Å². The Morgan fingerprint density at radius 2 is 1.77 bits per heavy atom. The molecule has 3 rings (SSSR count). The molecule has 112 valence electrons. The number of nitro benzene ring substituents is 1. The number of carbonyl (C=O) groups excluding carboxylic acids is 1. The van der Waals surface area contributed by atoms with Gasteiger partial charge in [0.25, 0.3) is 5.69 Å². The smallest absolute Gasteiger partial charge is 0.292 e. The third kappa shape index (κ3) is 2.39. The van der Waals surface area contributed by atoms with E-state index in [1.807, 2.05) is 37.3 Å². The molecule has 1 saturated heterocycles. The Morgan fingerprint density at radius 1 is 1.09 bits per heavy atom. The highest BCUT2D eigenvalue weighted by atomic mass is 16.6. The molecular formula is C16H15N3O3. The number of benzene rings is 2. The van der Waals surface area contributed by atoms with E-state index in [1.54, 1.807) is 21.9 Å². The number of non-ortho nitro benzene ring substituents is 1. The third-order valence-corrected chi connectivity index (χ3v) is 3.71. The topological polar surface area (TPSA) is 66.7 Å². The van der Waals surface area contributed by atoms with Gasteiger partial charge in [0.05, 0.1) is 16.7 Å². The number of carbonyl (C=O) groups is 1. The highest BCUT2D eigenvalue weighted by molar-refractivity contribution is 6.06. The zero-order chi connectivity index (χ0) is 15.7. The lowest BCUT2D eigenvalue weighted by Gasteiger charge is -2.20. The fourth-order valence-corrected chi connectivity index (χ4v) is 2.69. The van der Waals surface area contributed by atoms with E-state index < -0.39 is 4.92 Å². The fourth-order valence-electron chi connectivity index (χ4n) is 2.69. The Kier molecular flexibility index (Phi) is 3.50. The molecule has 2 amide bonds. The summed E-state index contributed by atoms with van der Waals surface area (Å²) in [5, 5.41) is 10.9. The minimum atomic E-state index is -0.455. The Hall–Kier alpha value is -2.89. The van der Waals surface area contributed by atoms with Crippen LogP contribution in [0.3, 0.4) is 0 Å². The summed E-state index contributed by atoms with van der Waals surface area (Å²) in [6.45, 7) is 2.48. The molecule has 6 heteroatoms. The molecule has 1 atom stereocenters. The maximum atomic E-state index is 12.7. The second kappa shape index (κ2) is 5.48. The molecular weight excluding hydrogens is 282 g/mol. The van der Waals surface area contributed by atoms with Crippen molar-refractivity contribution in [3.05, 3.63) is 64.7 Å². The van der Waals surface area contributed by atoms with Crippen molar-refractivity contribution in [2.75, 3.05) is 16.3 Å². The molecule has 1 aliphatic heterocycles. The normalized spacial score (nSPS) is 17.9. The first-order valence-corrected chi connectivity index (χ1v) is 6.98. The summed E-state index contributed by atoms with van der Waals surface area (Å²) >= 11 is 0. The molecule has 0 unspecified atom stereocenters. The van der Waals surface area contributed by atoms with E-state index in [0.29, 0.717) is 12.2 Å². The van der Waals surface area contributed by atoms with Crippen LogP contribution in [0.4, 0.5) is 21.9 Å². The van der Waals surface area contributed by atoms with E-state index >= 15 is 0 Å². The van der Waals surface area contributed by atoms with Crippen molar-refractivity contribution in [2.45, 2.75) is 13.0 Å². The number of nitrogens with zero attached hydrogens (tertiary/aromatic N) is 3. The third-order valence-electron chi connectivity index (χ3n) is 3.71. The maximum absolute atomic E-state index is 12.7. The van der Waals surface area contributed by atoms with E-state index in [9.17, 15) is 14.9 Å². The molecule has 0 aliphatic carbocycles. The molecule has 0 spiro atoms. The maximum Gasteiger partial charge on any atom is 0.329 e. The number of hydrogen-bond donors (Lipinski definition) is 0. The molecule has 2 aromatic rings. The Morgan fingerprint density at radius 3 is 2.45 bits per heavy atom. The summed E-state index contributed by atoms with van der Waals surface area (Å²) in [5.74, 6) is 0. The van der Waals surface area contributed by atoms with Crippen molar-refractivity contribution >= 4 is 23.1 Å². The molecule has 1 heterocycles. The molecule has 0 N–H and O–H groups in total. The van der Waals surface area contributed by atoms with Crippen LogP contribution in [0.15, 0.2) is 54.6 Å². The van der Waals surface area contributed by atoms with Crippen molar-refractivity contribution in [1.29, 1.82) is 0 Å². The van der Waals surface area contributed by atoms with Crippen molar-refractivity contribution in [3.8, 4) is 0 Å². The van der Waals surface area contributed by atoms with Crippen LogP contribution in [-0.2, 0) is 0 Å². The fraction of sp³-hybridized carbons (Fsp3) is 0.188. The van der Waals surface area contributed by atoms with Gasteiger partial charge in [0.1, 0.15) is 0 Å². The zero-order valence-electron chi connectivity index (χ0n) is 12.0. The van der Waals surface area contributed by atoms with Crippen LogP contribution in [-0.4, -0.2) is 23.5 Å². The summed E-state index contributed by atoms with van der Waals surface area (Å²) in [5.41, 5.74) is 1.35. The van der Waals surface area contributed by atoms with Gasteiger partial charge in [0.15, 0.2) is 0 Å². The van der Waals surface area contributed by atoms with Crippen molar-refractivity contribution in [1.82, 2.24) is 0 Å². The van der Waals surface area contributed by atoms with Gasteiger partial charge in [-0.2, -0.15) is 0 Å². The average Bonchev–Trinajstić information content (AvgIpc) is 2.83. The molecule has 22 heavy (non-hydrogen) atoms. The van der Waals surface area contributed by atoms with E-state index in [-0.39, 0.29) is 17.8 Å². The lowest BCUT2D eigenvalue weighted by molar-refractivity contribution is -0.384. The van der Waals surface area contributed by atoms with Gasteiger partial charge in [-0.3, -0.25) is 19.9 Å². The number of hydrogen-bond acceptors (Lipinski definition) is 3. The standard InChI is InChI=1S/C16H15N3O3/c1-12-11-17(13-6-3-2-4-7-13)16(20)18(12)14-8-5-9-15(10-14)19(21)22/h2-10,12H,11H2,1H3/t12-/m0/s1. The predicted molar refractivity (Wildman–Crippen MR) is 84.2 cm³/mol. The second-order valence-electron chi connectivity index (χ2n) is 5.22. The first-order valence-electron chi connectivity index (χ1n) is 6.98. The number of rotatable bonds is 3. The van der Waals surface area contributed by atoms with Crippen LogP contribution < -0.4 is 9.80 Å². The summed E-state index contributed by atoms with van der Waals surface area (Å²) in [6, 6.07) is 15.3. The summed E-state index contributed by atoms with van der Waals surface area (Å²) in [4.78, 5) is 26.4. The van der Waals surface area contributed by atoms with Crippen LogP contribution in [0.1, 0.15) is 6.92 Å². The molecule has 1 aliphatic rings. The molecule has 2 aromatic carbocycles. The molecule has 0 saturated carbocycles. The van der Waals surface area contributed by atoms with E-state index in [0.717, 1.165) is 5.69 Å². The van der Waals surface area contributed by atoms with Gasteiger partial charge in [0.2, 0.25) is 0 Å². The predicted octanol–water partition coefficient (Wildman–Crippen LogP) is 3.43. The lowest BCUT2D eigenvalue weighted by atomic mass is 10.2. The van der Waals surface area contributed by atoms with E-state index in [2.05, 4.69) is 0 Å². The number of para-hydroxylation sites is 1. The first-order chi connectivity index (χ1) is 10.6. The number of amides is 2. The van der Waals surface area contributed by atoms with Gasteiger partial charge in [-0.15, -0.1) is 0 Å². The lowest BCUT2D eigenvalue weighted by Crippen LogP contribution is -2.33. The molecule has 6 nitrogen and oxygen atoms in total. The molecule has 0 aromatic heterocycles. The molecule has 1 fully saturated rings. The van der Waals surface area contributed by atoms with Crippen LogP contribution in [0, 0.1) is 10.1 Å². The van der Waals surface area contributed by atoms with Crippen molar-refractivity contribution in [3.63, 3.8) is 0 Å². The summed E-state index contributed by atoms with van der Waals surface area (Å²) in [6.07, 6.45) is 0. The molecule has 0 radical (unpaired) electrons. The van der Waals surface area contributed by atoms with Crippen LogP contribution in [0.2, 0.25) is 0 Å². The number of urea groups is 1. The van der Waals surface area contributed by atoms with Crippen LogP contribution in [0.25, 0.3) is 0 Å². The van der Waals surface area contributed by atoms with Gasteiger partial charge < -0.3 is 0 Å². The van der Waals surface area contributed by atoms with Crippen molar-refractivity contribution in [2.24, 2.45) is 0 Å². The first kappa shape index (κ1) is 14.1. The average molecular weight is 297 g/mol. The van der Waals surface area contributed by atoms with Crippen LogP contribution in [0.5, 0.6) is 0 Å². The Bertz CT molecular complexity index is 718. The van der Waals surface area contributed by atoms with Gasteiger partial charge >= 0.3 is 6.03 Å². The zero-order valence-corrected chi connectivity index (χ0v) is 12.0. The highest BCUT2D eigenvalue weighted by Gasteiger charge is 2.36. The monoisotopic (exact) mass is 297 g/mol. The summed E-state index contributed by atoms with van der Waals surface area (Å²) in [7, 11) is 0. The minimum Gasteiger partial charge on any atom is -0.292 e.